The van der Waals surface area contributed by atoms with Crippen molar-refractivity contribution in [1.82, 2.24) is 14.3 Å². The Balaban J connectivity index is 1.53. The number of hydrogen-bond acceptors (Lipinski definition) is 6. The van der Waals surface area contributed by atoms with Gasteiger partial charge in [0.05, 0.1) is 29.3 Å². The maximum Gasteiger partial charge on any atom is 0.244 e. The standard InChI is InChI=1S/C21H19ClN4O3S2/c22-17-2-1-15(11-19(17)31(27,28)26-6-8-29-9-7-26)25-18-12-24-21-20(18)16(3-5-23-21)14-4-10-30-13-14/h1-5,10-13,25H,6-9H2,(H,23,24). The SMILES string of the molecule is O=S(=O)(c1cc(Nc2c[nH]c3nccc(-c4ccsc4)c23)ccc1Cl)N1CCOCC1. The van der Waals surface area contributed by atoms with Crippen molar-refractivity contribution in [2.45, 2.75) is 4.90 Å². The fraction of sp³-hybridized carbons (Fsp3) is 0.190. The topological polar surface area (TPSA) is 87.3 Å². The van der Waals surface area contributed by atoms with E-state index in [-0.39, 0.29) is 9.92 Å². The number of aromatic amines is 1. The number of rotatable bonds is 5. The molecule has 160 valence electrons. The van der Waals surface area contributed by atoms with Crippen molar-refractivity contribution in [3.05, 3.63) is 58.5 Å². The van der Waals surface area contributed by atoms with Crippen LogP contribution in [0, 0.1) is 0 Å². The molecule has 0 unspecified atom stereocenters. The number of thiophene rings is 1. The first-order valence-electron chi connectivity index (χ1n) is 9.67. The van der Waals surface area contributed by atoms with E-state index in [1.807, 2.05) is 17.6 Å². The van der Waals surface area contributed by atoms with E-state index in [0.717, 1.165) is 27.8 Å². The van der Waals surface area contributed by atoms with Gasteiger partial charge in [0.2, 0.25) is 10.0 Å². The van der Waals surface area contributed by atoms with Crippen LogP contribution in [0.3, 0.4) is 0 Å². The van der Waals surface area contributed by atoms with Gasteiger partial charge in [-0.2, -0.15) is 15.6 Å². The number of ether oxygens (including phenoxy) is 1. The van der Waals surface area contributed by atoms with Gasteiger partial charge in [0.15, 0.2) is 0 Å². The second kappa shape index (κ2) is 8.25. The monoisotopic (exact) mass is 474 g/mol. The van der Waals surface area contributed by atoms with Crippen LogP contribution in [0.25, 0.3) is 22.2 Å². The minimum Gasteiger partial charge on any atom is -0.379 e. The lowest BCUT2D eigenvalue weighted by atomic mass is 10.1. The molecule has 1 saturated heterocycles. The van der Waals surface area contributed by atoms with Gasteiger partial charge in [0.1, 0.15) is 10.5 Å². The molecule has 1 fully saturated rings. The normalized spacial score (nSPS) is 15.4. The zero-order chi connectivity index (χ0) is 21.4. The van der Waals surface area contributed by atoms with E-state index in [1.54, 1.807) is 35.7 Å². The molecule has 1 aliphatic rings. The van der Waals surface area contributed by atoms with Crippen LogP contribution in [0.1, 0.15) is 0 Å². The van der Waals surface area contributed by atoms with Crippen molar-refractivity contribution < 1.29 is 13.2 Å². The average Bonchev–Trinajstić information content (AvgIpc) is 3.46. The summed E-state index contributed by atoms with van der Waals surface area (Å²) in [6.45, 7) is 1.38. The van der Waals surface area contributed by atoms with Crippen LogP contribution in [0.2, 0.25) is 5.02 Å². The molecular weight excluding hydrogens is 456 g/mol. The average molecular weight is 475 g/mol. The van der Waals surface area contributed by atoms with Gasteiger partial charge < -0.3 is 15.0 Å². The first kappa shape index (κ1) is 20.5. The van der Waals surface area contributed by atoms with Crippen LogP contribution < -0.4 is 5.32 Å². The number of sulfonamides is 1. The molecule has 0 aliphatic carbocycles. The Kier molecular flexibility index (Phi) is 5.45. The van der Waals surface area contributed by atoms with Gasteiger partial charge in [-0.15, -0.1) is 0 Å². The molecule has 1 aliphatic heterocycles. The quantitative estimate of drug-likeness (QED) is 0.437. The number of hydrogen-bond donors (Lipinski definition) is 2. The first-order chi connectivity index (χ1) is 15.0. The highest BCUT2D eigenvalue weighted by molar-refractivity contribution is 7.89. The Morgan fingerprint density at radius 2 is 2.03 bits per heavy atom. The number of nitrogens with one attached hydrogen (secondary N) is 2. The van der Waals surface area contributed by atoms with E-state index in [4.69, 9.17) is 16.3 Å². The Morgan fingerprint density at radius 3 is 2.81 bits per heavy atom. The van der Waals surface area contributed by atoms with E-state index < -0.39 is 10.0 Å². The lowest BCUT2D eigenvalue weighted by Crippen LogP contribution is -2.40. The van der Waals surface area contributed by atoms with E-state index in [1.165, 1.54) is 4.31 Å². The highest BCUT2D eigenvalue weighted by Gasteiger charge is 2.28. The van der Waals surface area contributed by atoms with E-state index in [9.17, 15) is 8.42 Å². The third kappa shape index (κ3) is 3.83. The summed E-state index contributed by atoms with van der Waals surface area (Å²) in [5.74, 6) is 0. The lowest BCUT2D eigenvalue weighted by molar-refractivity contribution is 0.0730. The van der Waals surface area contributed by atoms with Crippen molar-refractivity contribution in [3.8, 4) is 11.1 Å². The van der Waals surface area contributed by atoms with Gasteiger partial charge in [0.25, 0.3) is 0 Å². The van der Waals surface area contributed by atoms with Crippen LogP contribution in [-0.4, -0.2) is 49.0 Å². The predicted molar refractivity (Wildman–Crippen MR) is 124 cm³/mol. The molecule has 1 aromatic carbocycles. The number of H-pyrrole nitrogens is 1. The molecule has 7 nitrogen and oxygen atoms in total. The van der Waals surface area contributed by atoms with Crippen molar-refractivity contribution in [3.63, 3.8) is 0 Å². The molecule has 4 aromatic rings. The maximum atomic E-state index is 13.1. The summed E-state index contributed by atoms with van der Waals surface area (Å²) in [6.07, 6.45) is 3.60. The number of anilines is 2. The van der Waals surface area contributed by atoms with Gasteiger partial charge in [-0.25, -0.2) is 13.4 Å². The first-order valence-corrected chi connectivity index (χ1v) is 12.4. The molecule has 0 amide bonds. The van der Waals surface area contributed by atoms with Gasteiger partial charge in [-0.05, 0) is 52.2 Å². The maximum absolute atomic E-state index is 13.1. The highest BCUT2D eigenvalue weighted by atomic mass is 35.5. The van der Waals surface area contributed by atoms with E-state index in [2.05, 4.69) is 26.7 Å². The number of pyridine rings is 1. The Morgan fingerprint density at radius 1 is 1.19 bits per heavy atom. The fourth-order valence-electron chi connectivity index (χ4n) is 3.67. The van der Waals surface area contributed by atoms with E-state index in [0.29, 0.717) is 32.0 Å². The molecule has 3 aromatic heterocycles. The number of morpholine rings is 1. The highest BCUT2D eigenvalue weighted by Crippen LogP contribution is 2.36. The summed E-state index contributed by atoms with van der Waals surface area (Å²) in [4.78, 5) is 7.68. The zero-order valence-electron chi connectivity index (χ0n) is 16.3. The minimum absolute atomic E-state index is 0.0806. The molecular formula is C21H19ClN4O3S2. The van der Waals surface area contributed by atoms with Crippen LogP contribution in [-0.2, 0) is 14.8 Å². The molecule has 31 heavy (non-hydrogen) atoms. The summed E-state index contributed by atoms with van der Waals surface area (Å²) in [5, 5.41) is 8.58. The number of fused-ring (bicyclic) bond motifs is 1. The summed E-state index contributed by atoms with van der Waals surface area (Å²) in [5.41, 5.74) is 4.33. The van der Waals surface area contributed by atoms with Crippen molar-refractivity contribution >= 4 is 55.4 Å². The second-order valence-corrected chi connectivity index (χ2v) is 10.2. The number of nitrogens with zero attached hydrogens (tertiary/aromatic N) is 2. The van der Waals surface area contributed by atoms with Crippen LogP contribution in [0.4, 0.5) is 11.4 Å². The molecule has 0 bridgehead atoms. The van der Waals surface area contributed by atoms with E-state index >= 15 is 0 Å². The van der Waals surface area contributed by atoms with Gasteiger partial charge in [-0.3, -0.25) is 0 Å². The van der Waals surface area contributed by atoms with Gasteiger partial charge in [-0.1, -0.05) is 11.6 Å². The smallest absolute Gasteiger partial charge is 0.244 e. The molecule has 0 atom stereocenters. The summed E-state index contributed by atoms with van der Waals surface area (Å²) in [7, 11) is -3.72. The van der Waals surface area contributed by atoms with Gasteiger partial charge >= 0.3 is 0 Å². The molecule has 0 radical (unpaired) electrons. The summed E-state index contributed by atoms with van der Waals surface area (Å²) in [6, 6.07) is 8.97. The Hall–Kier alpha value is -2.43. The van der Waals surface area contributed by atoms with Crippen LogP contribution in [0.15, 0.2) is 58.4 Å². The second-order valence-electron chi connectivity index (χ2n) is 7.08. The number of halogens is 1. The Bertz CT molecular complexity index is 1330. The summed E-state index contributed by atoms with van der Waals surface area (Å²) < 4.78 is 32.9. The third-order valence-corrected chi connectivity index (χ3v) is 8.27. The number of benzene rings is 1. The zero-order valence-corrected chi connectivity index (χ0v) is 18.7. The van der Waals surface area contributed by atoms with Gasteiger partial charge in [0, 0.05) is 31.2 Å². The van der Waals surface area contributed by atoms with Crippen molar-refractivity contribution in [1.29, 1.82) is 0 Å². The fourth-order valence-corrected chi connectivity index (χ4v) is 6.24. The minimum atomic E-state index is -3.72. The van der Waals surface area contributed by atoms with Crippen molar-refractivity contribution in [2.24, 2.45) is 0 Å². The van der Waals surface area contributed by atoms with Crippen LogP contribution >= 0.6 is 22.9 Å². The van der Waals surface area contributed by atoms with Crippen LogP contribution in [0.5, 0.6) is 0 Å². The molecule has 0 saturated carbocycles. The Labute approximate surface area is 188 Å². The third-order valence-electron chi connectivity index (χ3n) is 5.20. The molecule has 0 spiro atoms. The largest absolute Gasteiger partial charge is 0.379 e. The number of aromatic nitrogens is 2. The summed E-state index contributed by atoms with van der Waals surface area (Å²) >= 11 is 7.92. The van der Waals surface area contributed by atoms with Crippen molar-refractivity contribution in [2.75, 3.05) is 31.6 Å². The predicted octanol–water partition coefficient (Wildman–Crippen LogP) is 4.71. The molecule has 2 N–H and O–H groups in total. The molecule has 10 heteroatoms. The molecule has 5 rings (SSSR count). The molecule has 4 heterocycles. The lowest BCUT2D eigenvalue weighted by Gasteiger charge is -2.26.